The summed E-state index contributed by atoms with van der Waals surface area (Å²) in [6.07, 6.45) is 11.1. The van der Waals surface area contributed by atoms with Crippen LogP contribution in [0.4, 0.5) is 0 Å². The Bertz CT molecular complexity index is 230. The van der Waals surface area contributed by atoms with Crippen LogP contribution in [0, 0.1) is 0 Å². The minimum atomic E-state index is 0. The van der Waals surface area contributed by atoms with Crippen molar-refractivity contribution in [2.45, 2.75) is 58.3 Å². The number of hydrogen-bond donors (Lipinski definition) is 0. The first-order valence-electron chi connectivity index (χ1n) is 6.47. The maximum atomic E-state index is 2.27. The molecule has 0 N–H and O–H groups in total. The molecule has 0 nitrogen and oxygen atoms in total. The SMILES string of the molecule is CCCCCCCCCc1ccccc1.[Zn]. The largest absolute Gasteiger partial charge is 0.0654 e. The Morgan fingerprint density at radius 2 is 1.31 bits per heavy atom. The predicted octanol–water partition coefficient (Wildman–Crippen LogP) is 4.98. The van der Waals surface area contributed by atoms with E-state index in [1.807, 2.05) is 0 Å². The Kier molecular flexibility index (Phi) is 11.2. The van der Waals surface area contributed by atoms with Crippen LogP contribution in [0.15, 0.2) is 30.3 Å². The molecule has 0 spiro atoms. The second-order valence-corrected chi connectivity index (χ2v) is 4.36. The Hall–Kier alpha value is -0.157. The fourth-order valence-electron chi connectivity index (χ4n) is 1.93. The van der Waals surface area contributed by atoms with Crippen molar-refractivity contribution >= 4 is 0 Å². The van der Waals surface area contributed by atoms with Gasteiger partial charge in [-0.1, -0.05) is 75.8 Å². The van der Waals surface area contributed by atoms with E-state index in [4.69, 9.17) is 0 Å². The molecule has 0 aliphatic heterocycles. The van der Waals surface area contributed by atoms with Crippen LogP contribution in [0.3, 0.4) is 0 Å². The van der Waals surface area contributed by atoms with Gasteiger partial charge in [-0.15, -0.1) is 0 Å². The summed E-state index contributed by atoms with van der Waals surface area (Å²) in [6, 6.07) is 10.8. The molecule has 0 saturated carbocycles. The first kappa shape index (κ1) is 15.8. The van der Waals surface area contributed by atoms with Crippen LogP contribution in [0.1, 0.15) is 57.4 Å². The van der Waals surface area contributed by atoms with Crippen molar-refractivity contribution in [2.24, 2.45) is 0 Å². The molecular weight excluding hydrogens is 246 g/mol. The zero-order valence-electron chi connectivity index (χ0n) is 10.8. The number of unbranched alkanes of at least 4 members (excludes halogenated alkanes) is 6. The van der Waals surface area contributed by atoms with Gasteiger partial charge in [-0.25, -0.2) is 0 Å². The van der Waals surface area contributed by atoms with Gasteiger partial charge in [0.15, 0.2) is 0 Å². The Balaban J connectivity index is 0.00000225. The molecule has 0 unspecified atom stereocenters. The first-order chi connectivity index (χ1) is 7.43. The number of aryl methyl sites for hydroxylation is 1. The minimum Gasteiger partial charge on any atom is -0.0654 e. The molecule has 0 radical (unpaired) electrons. The van der Waals surface area contributed by atoms with Gasteiger partial charge in [0, 0.05) is 19.5 Å². The van der Waals surface area contributed by atoms with E-state index in [9.17, 15) is 0 Å². The van der Waals surface area contributed by atoms with E-state index in [1.54, 1.807) is 0 Å². The van der Waals surface area contributed by atoms with Crippen LogP contribution in [0.2, 0.25) is 0 Å². The Labute approximate surface area is 114 Å². The van der Waals surface area contributed by atoms with Crippen molar-refractivity contribution in [1.29, 1.82) is 0 Å². The Morgan fingerprint density at radius 3 is 1.94 bits per heavy atom. The molecule has 86 valence electrons. The van der Waals surface area contributed by atoms with Crippen LogP contribution in [-0.4, -0.2) is 0 Å². The minimum absolute atomic E-state index is 0. The molecule has 0 aliphatic carbocycles. The van der Waals surface area contributed by atoms with Crippen molar-refractivity contribution in [3.05, 3.63) is 35.9 Å². The fourth-order valence-corrected chi connectivity index (χ4v) is 1.93. The van der Waals surface area contributed by atoms with Crippen LogP contribution in [-0.2, 0) is 25.9 Å². The second kappa shape index (κ2) is 11.3. The van der Waals surface area contributed by atoms with Crippen LogP contribution in [0.25, 0.3) is 0 Å². The summed E-state index contributed by atoms with van der Waals surface area (Å²) in [7, 11) is 0. The Morgan fingerprint density at radius 1 is 0.750 bits per heavy atom. The molecule has 0 aromatic heterocycles. The van der Waals surface area contributed by atoms with Gasteiger partial charge in [0.1, 0.15) is 0 Å². The zero-order chi connectivity index (χ0) is 10.8. The topological polar surface area (TPSA) is 0 Å². The standard InChI is InChI=1S/C15H24.Zn/c1-2-3-4-5-6-7-9-12-15-13-10-8-11-14-15;/h8,10-11,13-14H,2-7,9,12H2,1H3;. The van der Waals surface area contributed by atoms with Crippen molar-refractivity contribution in [1.82, 2.24) is 0 Å². The molecule has 16 heavy (non-hydrogen) atoms. The monoisotopic (exact) mass is 268 g/mol. The summed E-state index contributed by atoms with van der Waals surface area (Å²) in [5.41, 5.74) is 1.49. The van der Waals surface area contributed by atoms with Crippen LogP contribution < -0.4 is 0 Å². The molecule has 1 aromatic carbocycles. The maximum absolute atomic E-state index is 2.27. The number of rotatable bonds is 8. The average Bonchev–Trinajstić information content (AvgIpc) is 2.29. The van der Waals surface area contributed by atoms with Gasteiger partial charge in [0.2, 0.25) is 0 Å². The second-order valence-electron chi connectivity index (χ2n) is 4.36. The van der Waals surface area contributed by atoms with E-state index in [2.05, 4.69) is 37.3 Å². The van der Waals surface area contributed by atoms with Gasteiger partial charge >= 0.3 is 0 Å². The van der Waals surface area contributed by atoms with Gasteiger partial charge < -0.3 is 0 Å². The smallest absolute Gasteiger partial charge is 0 e. The first-order valence-corrected chi connectivity index (χ1v) is 6.47. The summed E-state index contributed by atoms with van der Waals surface area (Å²) >= 11 is 0. The normalized spacial score (nSPS) is 9.81. The van der Waals surface area contributed by atoms with E-state index in [0.717, 1.165) is 0 Å². The number of benzene rings is 1. The van der Waals surface area contributed by atoms with Gasteiger partial charge in [0.05, 0.1) is 0 Å². The third-order valence-corrected chi connectivity index (χ3v) is 2.91. The molecule has 0 amide bonds. The van der Waals surface area contributed by atoms with E-state index >= 15 is 0 Å². The molecule has 0 atom stereocenters. The third kappa shape index (κ3) is 8.05. The molecule has 1 heteroatoms. The van der Waals surface area contributed by atoms with Crippen molar-refractivity contribution in [3.8, 4) is 0 Å². The molecule has 0 fully saturated rings. The third-order valence-electron chi connectivity index (χ3n) is 2.91. The molecule has 0 saturated heterocycles. The van der Waals surface area contributed by atoms with Crippen LogP contribution in [0.5, 0.6) is 0 Å². The molecule has 0 bridgehead atoms. The molecule has 1 rings (SSSR count). The van der Waals surface area contributed by atoms with Gasteiger partial charge in [-0.05, 0) is 18.4 Å². The van der Waals surface area contributed by atoms with Crippen molar-refractivity contribution < 1.29 is 19.5 Å². The van der Waals surface area contributed by atoms with E-state index in [1.165, 1.54) is 56.9 Å². The van der Waals surface area contributed by atoms with Crippen LogP contribution >= 0.6 is 0 Å². The van der Waals surface area contributed by atoms with E-state index in [0.29, 0.717) is 0 Å². The summed E-state index contributed by atoms with van der Waals surface area (Å²) in [4.78, 5) is 0. The number of hydrogen-bond acceptors (Lipinski definition) is 0. The van der Waals surface area contributed by atoms with Crippen molar-refractivity contribution in [3.63, 3.8) is 0 Å². The van der Waals surface area contributed by atoms with E-state index < -0.39 is 0 Å². The fraction of sp³-hybridized carbons (Fsp3) is 0.600. The van der Waals surface area contributed by atoms with E-state index in [-0.39, 0.29) is 19.5 Å². The van der Waals surface area contributed by atoms with Gasteiger partial charge in [-0.3, -0.25) is 0 Å². The summed E-state index contributed by atoms with van der Waals surface area (Å²) in [5, 5.41) is 0. The summed E-state index contributed by atoms with van der Waals surface area (Å²) < 4.78 is 0. The summed E-state index contributed by atoms with van der Waals surface area (Å²) in [6.45, 7) is 2.27. The molecular formula is C15H24Zn. The maximum Gasteiger partial charge on any atom is 0 e. The molecule has 1 aromatic rings. The average molecular weight is 270 g/mol. The van der Waals surface area contributed by atoms with Gasteiger partial charge in [0.25, 0.3) is 0 Å². The van der Waals surface area contributed by atoms with Gasteiger partial charge in [-0.2, -0.15) is 0 Å². The summed E-state index contributed by atoms with van der Waals surface area (Å²) in [5.74, 6) is 0. The quantitative estimate of drug-likeness (QED) is 0.461. The molecule has 0 aliphatic rings. The zero-order valence-corrected chi connectivity index (χ0v) is 13.7. The predicted molar refractivity (Wildman–Crippen MR) is 68.1 cm³/mol. The van der Waals surface area contributed by atoms with Crippen molar-refractivity contribution in [2.75, 3.05) is 0 Å². The molecule has 0 heterocycles.